The van der Waals surface area contributed by atoms with Gasteiger partial charge >= 0.3 is 11.9 Å². The fourth-order valence-electron chi connectivity index (χ4n) is 8.47. The molecule has 0 spiro atoms. The number of carbonyl (C=O) groups excluding carboxylic acids is 5. The van der Waals surface area contributed by atoms with E-state index < -0.39 is 146 Å². The molecule has 0 saturated carbocycles. The largest absolute Gasteiger partial charge is 0.478 e. The average Bonchev–Trinajstić information content (AvgIpc) is 0.812. The van der Waals surface area contributed by atoms with Crippen LogP contribution in [-0.4, -0.2) is 328 Å². The van der Waals surface area contributed by atoms with Crippen LogP contribution in [0.15, 0.2) is 23.7 Å². The number of amides is 5. The van der Waals surface area contributed by atoms with Gasteiger partial charge in [0.15, 0.2) is 24.1 Å². The van der Waals surface area contributed by atoms with Gasteiger partial charge in [-0.25, -0.2) is 15.5 Å². The van der Waals surface area contributed by atoms with Crippen molar-refractivity contribution >= 4 is 53.4 Å². The molecule has 2 aliphatic rings. The number of aliphatic hydroxyl groups is 4. The van der Waals surface area contributed by atoms with Crippen LogP contribution in [0.25, 0.3) is 0 Å². The van der Waals surface area contributed by atoms with Crippen molar-refractivity contribution < 1.29 is 131 Å². The van der Waals surface area contributed by atoms with Crippen molar-refractivity contribution in [2.75, 3.05) is 178 Å². The average molecular weight is 1330 g/mol. The van der Waals surface area contributed by atoms with Crippen molar-refractivity contribution in [2.24, 2.45) is 17.4 Å². The summed E-state index contributed by atoms with van der Waals surface area (Å²) in [5.41, 5.74) is 11.0. The van der Waals surface area contributed by atoms with Gasteiger partial charge in [-0.2, -0.15) is 0 Å². The molecule has 0 fully saturated rings. The predicted molar refractivity (Wildman–Crippen MR) is 314 cm³/mol. The van der Waals surface area contributed by atoms with E-state index in [1.807, 2.05) is 0 Å². The molecule has 528 valence electrons. The molecule has 0 aromatic heterocycles. The van der Waals surface area contributed by atoms with Crippen LogP contribution in [0.5, 0.6) is 0 Å². The highest BCUT2D eigenvalue weighted by Gasteiger charge is 2.47. The zero-order valence-electron chi connectivity index (χ0n) is 51.7. The van der Waals surface area contributed by atoms with Gasteiger partial charge in [0.05, 0.1) is 169 Å². The Labute approximate surface area is 530 Å². The molecule has 0 aromatic rings. The maximum absolute atomic E-state index is 13.5. The van der Waals surface area contributed by atoms with Crippen molar-refractivity contribution in [3.8, 4) is 0 Å². The Morgan fingerprint density at radius 3 is 1.15 bits per heavy atom. The highest BCUT2D eigenvalue weighted by atomic mass is 16.6. The van der Waals surface area contributed by atoms with Crippen LogP contribution >= 0.6 is 0 Å². The van der Waals surface area contributed by atoms with Gasteiger partial charge in [-0.1, -0.05) is 0 Å². The summed E-state index contributed by atoms with van der Waals surface area (Å²) in [6.45, 7) is 3.54. The Hall–Kier alpha value is -6.77. The lowest BCUT2D eigenvalue weighted by molar-refractivity contribution is -0.159. The number of rotatable bonds is 54. The first kappa shape index (κ1) is 81.3. The highest BCUT2D eigenvalue weighted by Crippen LogP contribution is 2.27. The number of carboxylic acid groups (broad SMARTS) is 2. The Morgan fingerprint density at radius 1 is 0.522 bits per heavy atom. The fraction of sp³-hybridized carbons (Fsp3) is 0.755. The van der Waals surface area contributed by atoms with Crippen molar-refractivity contribution in [3.05, 3.63) is 23.7 Å². The first-order valence-corrected chi connectivity index (χ1v) is 29.3. The summed E-state index contributed by atoms with van der Waals surface area (Å²) in [6.07, 6.45) is -7.79. The number of carbonyl (C=O) groups is 7. The van der Waals surface area contributed by atoms with Gasteiger partial charge in [-0.05, 0) is 12.2 Å². The molecule has 10 atom stereocenters. The summed E-state index contributed by atoms with van der Waals surface area (Å²) in [5.74, 6) is -3.75. The number of aliphatic hydroxyl groups excluding tert-OH is 4. The van der Waals surface area contributed by atoms with Gasteiger partial charge in [0.1, 0.15) is 37.6 Å². The third-order valence-corrected chi connectivity index (χ3v) is 12.6. The van der Waals surface area contributed by atoms with E-state index in [1.54, 1.807) is 0 Å². The zero-order chi connectivity index (χ0) is 68.1. The second kappa shape index (κ2) is 48.9. The van der Waals surface area contributed by atoms with Gasteiger partial charge < -0.3 is 145 Å². The Bertz CT molecular complexity index is 2140. The molecule has 0 saturated heterocycles. The van der Waals surface area contributed by atoms with Gasteiger partial charge in [0, 0.05) is 40.0 Å². The monoisotopic (exact) mass is 1330 g/mol. The van der Waals surface area contributed by atoms with E-state index in [1.165, 1.54) is 4.90 Å². The van der Waals surface area contributed by atoms with Crippen molar-refractivity contribution in [1.82, 2.24) is 36.8 Å². The molecule has 20 N–H and O–H groups in total. The smallest absolute Gasteiger partial charge is 0.370 e. The molecule has 2 heterocycles. The molecule has 39 heteroatoms. The quantitative estimate of drug-likeness (QED) is 0.0116. The van der Waals surface area contributed by atoms with E-state index in [2.05, 4.69) is 36.7 Å². The number of nitrogens with zero attached hydrogens (tertiary/aromatic N) is 1. The molecule has 2 rings (SSSR count). The Morgan fingerprint density at radius 2 is 0.848 bits per heavy atom. The molecule has 5 amide bonds. The molecule has 39 nitrogen and oxygen atoms in total. The molecule has 2 aliphatic heterocycles. The summed E-state index contributed by atoms with van der Waals surface area (Å²) >= 11 is 0. The van der Waals surface area contributed by atoms with Gasteiger partial charge in [-0.3, -0.25) is 34.8 Å². The summed E-state index contributed by atoms with van der Waals surface area (Å²) in [5, 5.41) is 91.0. The van der Waals surface area contributed by atoms with Crippen LogP contribution in [0.2, 0.25) is 0 Å². The number of nitrogens with two attached hydrogens (primary N) is 3. The molecular weight excluding hydrogens is 1240 g/mol. The minimum Gasteiger partial charge on any atom is -0.478 e. The van der Waals surface area contributed by atoms with E-state index in [9.17, 15) is 64.2 Å². The maximum Gasteiger partial charge on any atom is 0.370 e. The van der Waals surface area contributed by atoms with Crippen molar-refractivity contribution in [3.63, 3.8) is 0 Å². The maximum atomic E-state index is 13.5. The number of nitrogens with one attached hydrogen (secondary N) is 8. The van der Waals surface area contributed by atoms with Crippen molar-refractivity contribution in [2.45, 2.75) is 81.1 Å². The van der Waals surface area contributed by atoms with E-state index >= 15 is 0 Å². The number of guanidine groups is 2. The molecule has 92 heavy (non-hydrogen) atoms. The summed E-state index contributed by atoms with van der Waals surface area (Å²) in [6, 6.07) is -4.78. The summed E-state index contributed by atoms with van der Waals surface area (Å²) < 4.78 is 72.0. The Balaban J connectivity index is 1.92. The molecule has 0 radical (unpaired) electrons. The van der Waals surface area contributed by atoms with E-state index in [-0.39, 0.29) is 91.4 Å². The van der Waals surface area contributed by atoms with E-state index in [4.69, 9.17) is 89.8 Å². The number of aliphatic carboxylic acids is 2. The molecule has 0 aliphatic carbocycles. The van der Waals surface area contributed by atoms with Crippen LogP contribution < -0.4 is 49.3 Å². The Kier molecular flexibility index (Phi) is 43.2. The SMILES string of the molecule is CC(=O)N[C@H]1[C@H]([C@H](OCC(=O)NCCOCCN(CCOCCNC(=O)CO[C@@H]([C@@H]2OC(C(=O)O)=C[C@H](NC(=N)N)[C@H]2NC(C)=O)[C@H](O)CO)C(=O)CCOCCOCCOCCOCCOCCOCCOCCON)[C@H](O)CO)OC(C(=O)O)=C[C@@H]1NC(=N)N. The zero-order valence-corrected chi connectivity index (χ0v) is 51.7. The van der Waals surface area contributed by atoms with Gasteiger partial charge in [0.25, 0.3) is 0 Å². The summed E-state index contributed by atoms with van der Waals surface area (Å²) in [7, 11) is 0. The lowest BCUT2D eigenvalue weighted by Crippen LogP contribution is -2.64. The van der Waals surface area contributed by atoms with E-state index in [0.717, 1.165) is 26.0 Å². The highest BCUT2D eigenvalue weighted by molar-refractivity contribution is 5.86. The first-order valence-electron chi connectivity index (χ1n) is 29.3. The molecule has 0 aromatic carbocycles. The number of ether oxygens (including phenoxy) is 13. The topological polar surface area (TPSA) is 571 Å². The third kappa shape index (κ3) is 35.3. The number of carboxylic acids is 2. The van der Waals surface area contributed by atoms with Crippen LogP contribution in [0, 0.1) is 10.8 Å². The minimum atomic E-state index is -1.76. The van der Waals surface area contributed by atoms with Gasteiger partial charge in [-0.15, -0.1) is 0 Å². The number of hydrogen-bond donors (Lipinski definition) is 17. The van der Waals surface area contributed by atoms with Crippen LogP contribution in [0.3, 0.4) is 0 Å². The van der Waals surface area contributed by atoms with Crippen LogP contribution in [-0.2, 0) is 100.0 Å². The number of hydrogen-bond acceptors (Lipinski definition) is 28. The molecule has 0 bridgehead atoms. The van der Waals surface area contributed by atoms with Crippen LogP contribution in [0.4, 0.5) is 0 Å². The van der Waals surface area contributed by atoms with Gasteiger partial charge in [0.2, 0.25) is 41.1 Å². The molecular formula is C53H94N12O27. The predicted octanol–water partition coefficient (Wildman–Crippen LogP) is -8.60. The standard InChI is InChI=1S/C53H94N12O27/c1-33(68)61-44-35(63-52(54)55)27-39(50(75)76)91-48(44)46(37(70)29-66)88-31-41(72)59-4-9-80-11-6-65(43(74)3-8-79-13-14-82-15-16-83-17-18-84-19-20-85-21-22-86-23-24-87-25-26-90-58)7-12-81-10-5-60-42(73)32-89-47(38(71)30-67)49-45(62-34(2)69)36(64-53(56)57)28-40(92-49)51(77)78/h27-28,35-38,44-49,66-67,70-71H,3-26,29-32,58H2,1-2H3,(H,59,72)(H,60,73)(H,61,68)(H,62,69)(H,75,76)(H,77,78)(H4,54,55,63)(H4,56,57,64)/t35-,36-,37+,38+,44+,45+,46+,47+,48+,49+/m0/s1. The lowest BCUT2D eigenvalue weighted by Gasteiger charge is -2.41. The van der Waals surface area contributed by atoms with Crippen LogP contribution in [0.1, 0.15) is 20.3 Å². The minimum absolute atomic E-state index is 0.0268. The third-order valence-electron chi connectivity index (χ3n) is 12.6. The lowest BCUT2D eigenvalue weighted by atomic mass is 9.91. The fourth-order valence-corrected chi connectivity index (χ4v) is 8.47. The second-order valence-corrected chi connectivity index (χ2v) is 19.7. The second-order valence-electron chi connectivity index (χ2n) is 19.7. The van der Waals surface area contributed by atoms with E-state index in [0.29, 0.717) is 72.7 Å². The molecule has 0 unspecified atom stereocenters. The normalized spacial score (nSPS) is 19.1. The summed E-state index contributed by atoms with van der Waals surface area (Å²) in [4.78, 5) is 93.4. The van der Waals surface area contributed by atoms with Crippen molar-refractivity contribution in [1.29, 1.82) is 10.8 Å². The first-order chi connectivity index (χ1) is 44.1.